The zero-order chi connectivity index (χ0) is 23.8. The van der Waals surface area contributed by atoms with Gasteiger partial charge >= 0.3 is 6.18 Å². The lowest BCUT2D eigenvalue weighted by molar-refractivity contribution is -0.166. The van der Waals surface area contributed by atoms with Crippen molar-refractivity contribution in [3.8, 4) is 0 Å². The van der Waals surface area contributed by atoms with Gasteiger partial charge in [-0.15, -0.1) is 0 Å². The fourth-order valence-electron chi connectivity index (χ4n) is 4.53. The van der Waals surface area contributed by atoms with Gasteiger partial charge in [0.1, 0.15) is 5.60 Å². The van der Waals surface area contributed by atoms with E-state index in [0.29, 0.717) is 37.2 Å². The monoisotopic (exact) mass is 518 g/mol. The molecule has 3 aliphatic rings. The first-order valence-electron chi connectivity index (χ1n) is 9.96. The van der Waals surface area contributed by atoms with Crippen LogP contribution >= 0.6 is 35.1 Å². The predicted molar refractivity (Wildman–Crippen MR) is 118 cm³/mol. The van der Waals surface area contributed by atoms with Crippen molar-refractivity contribution in [2.75, 3.05) is 13.1 Å². The summed E-state index contributed by atoms with van der Waals surface area (Å²) in [6, 6.07) is 7.26. The second-order valence-electron chi connectivity index (χ2n) is 8.41. The molecule has 1 fully saturated rings. The lowest BCUT2D eigenvalue weighted by Gasteiger charge is -2.47. The maximum Gasteiger partial charge on any atom is 0.409 e. The van der Waals surface area contributed by atoms with Gasteiger partial charge in [0.2, 0.25) is 5.91 Å². The third-order valence-electron chi connectivity index (χ3n) is 6.41. The molecule has 1 amide bonds. The average molecular weight is 519 g/mol. The quantitative estimate of drug-likeness (QED) is 0.277. The van der Waals surface area contributed by atoms with Crippen LogP contribution in [-0.2, 0) is 26.5 Å². The molecular formula is C22H16Cl2F4N2O2S. The minimum absolute atomic E-state index is 0.0314. The maximum atomic E-state index is 14.3. The van der Waals surface area contributed by atoms with Crippen LogP contribution in [0.25, 0.3) is 0 Å². The van der Waals surface area contributed by atoms with Gasteiger partial charge < -0.3 is 9.64 Å². The number of benzene rings is 2. The van der Waals surface area contributed by atoms with Crippen molar-refractivity contribution >= 4 is 46.8 Å². The van der Waals surface area contributed by atoms with Gasteiger partial charge in [-0.2, -0.15) is 13.2 Å². The number of amides is 1. The third kappa shape index (κ3) is 3.47. The second kappa shape index (κ2) is 7.60. The van der Waals surface area contributed by atoms with Crippen molar-refractivity contribution in [2.45, 2.75) is 36.5 Å². The SMILES string of the molecule is CC(=O)N1CC2(C1)OCc1cc(C3=NS[C@@](c4cc(Cl)c(F)c(Cl)c4)(C(F)(F)F)C3)ccc12. The molecule has 0 bridgehead atoms. The molecule has 0 unspecified atom stereocenters. The minimum atomic E-state index is -4.70. The van der Waals surface area contributed by atoms with Gasteiger partial charge in [0.05, 0.1) is 35.5 Å². The molecule has 1 atom stereocenters. The molecule has 1 saturated heterocycles. The molecule has 1 spiro atoms. The van der Waals surface area contributed by atoms with E-state index in [1.54, 1.807) is 17.0 Å². The van der Waals surface area contributed by atoms with Gasteiger partial charge in [-0.1, -0.05) is 35.3 Å². The Hall–Kier alpha value is -1.81. The molecule has 0 saturated carbocycles. The smallest absolute Gasteiger partial charge is 0.362 e. The van der Waals surface area contributed by atoms with Gasteiger partial charge in [0, 0.05) is 13.3 Å². The number of rotatable bonds is 2. The Morgan fingerprint density at radius 2 is 1.85 bits per heavy atom. The number of likely N-dealkylation sites (tertiary alicyclic amines) is 1. The van der Waals surface area contributed by atoms with Crippen LogP contribution in [0, 0.1) is 5.82 Å². The minimum Gasteiger partial charge on any atom is -0.362 e. The highest BCUT2D eigenvalue weighted by molar-refractivity contribution is 7.99. The molecule has 3 heterocycles. The van der Waals surface area contributed by atoms with E-state index in [9.17, 15) is 22.4 Å². The number of ether oxygens (including phenoxy) is 1. The van der Waals surface area contributed by atoms with E-state index in [1.807, 2.05) is 6.07 Å². The zero-order valence-electron chi connectivity index (χ0n) is 17.1. The van der Waals surface area contributed by atoms with E-state index in [0.717, 1.165) is 23.3 Å². The Morgan fingerprint density at radius 3 is 2.45 bits per heavy atom. The van der Waals surface area contributed by atoms with Gasteiger partial charge in [-0.05, 0) is 52.4 Å². The summed E-state index contributed by atoms with van der Waals surface area (Å²) in [6.07, 6.45) is -5.15. The number of hydrogen-bond donors (Lipinski definition) is 0. The molecule has 33 heavy (non-hydrogen) atoms. The molecule has 2 aromatic rings. The molecule has 2 aromatic carbocycles. The van der Waals surface area contributed by atoms with E-state index >= 15 is 0 Å². The molecule has 5 rings (SSSR count). The van der Waals surface area contributed by atoms with Crippen LogP contribution in [-0.4, -0.2) is 35.8 Å². The number of carbonyl (C=O) groups is 1. The molecule has 11 heteroatoms. The Bertz CT molecular complexity index is 1190. The number of nitrogens with zero attached hydrogens (tertiary/aromatic N) is 2. The summed E-state index contributed by atoms with van der Waals surface area (Å²) < 4.78 is 64.4. The number of alkyl halides is 3. The van der Waals surface area contributed by atoms with E-state index in [2.05, 4.69) is 4.40 Å². The summed E-state index contributed by atoms with van der Waals surface area (Å²) in [7, 11) is 0. The topological polar surface area (TPSA) is 41.9 Å². The van der Waals surface area contributed by atoms with E-state index in [-0.39, 0.29) is 17.2 Å². The number of carbonyl (C=O) groups excluding carboxylic acids is 1. The largest absolute Gasteiger partial charge is 0.409 e. The van der Waals surface area contributed by atoms with Gasteiger partial charge in [0.25, 0.3) is 0 Å². The summed E-state index contributed by atoms with van der Waals surface area (Å²) in [4.78, 5) is 13.2. The predicted octanol–water partition coefficient (Wildman–Crippen LogP) is 6.02. The average Bonchev–Trinajstić information content (AvgIpc) is 3.33. The molecule has 4 nitrogen and oxygen atoms in total. The van der Waals surface area contributed by atoms with Gasteiger partial charge in [-0.3, -0.25) is 4.79 Å². The maximum absolute atomic E-state index is 14.3. The molecular weight excluding hydrogens is 503 g/mol. The van der Waals surface area contributed by atoms with Crippen molar-refractivity contribution in [2.24, 2.45) is 4.40 Å². The lowest BCUT2D eigenvalue weighted by Crippen LogP contribution is -2.60. The first kappa shape index (κ1) is 23.0. The molecule has 0 radical (unpaired) electrons. The number of halogens is 6. The molecule has 0 N–H and O–H groups in total. The standard InChI is InChI=1S/C22H16Cl2F4N2O2S/c1-11(31)30-9-20(10-30)15-3-2-12(4-13(15)8-32-20)18-7-21(33-29-18,22(26,27)28)14-5-16(23)19(25)17(24)6-14/h2-6H,7-10H2,1H3/t21-/m0/s1. The summed E-state index contributed by atoms with van der Waals surface area (Å²) in [6.45, 7) is 2.71. The first-order valence-corrected chi connectivity index (χ1v) is 11.5. The highest BCUT2D eigenvalue weighted by atomic mass is 35.5. The van der Waals surface area contributed by atoms with Gasteiger partial charge in [-0.25, -0.2) is 8.79 Å². The fraction of sp³-hybridized carbons (Fsp3) is 0.364. The van der Waals surface area contributed by atoms with Crippen LogP contribution in [0.15, 0.2) is 34.7 Å². The fourth-order valence-corrected chi connectivity index (χ4v) is 5.98. The Labute approximate surface area is 201 Å². The number of hydrogen-bond acceptors (Lipinski definition) is 4. The summed E-state index contributed by atoms with van der Waals surface area (Å²) >= 11 is 12.0. The van der Waals surface area contributed by atoms with Crippen LogP contribution < -0.4 is 0 Å². The Balaban J connectivity index is 1.45. The molecule has 3 aliphatic heterocycles. The van der Waals surface area contributed by atoms with Crippen molar-refractivity contribution in [3.05, 3.63) is 68.4 Å². The Kier molecular flexibility index (Phi) is 5.28. The van der Waals surface area contributed by atoms with Crippen molar-refractivity contribution in [1.29, 1.82) is 0 Å². The summed E-state index contributed by atoms with van der Waals surface area (Å²) in [5, 5.41) is -0.953. The Morgan fingerprint density at radius 1 is 1.18 bits per heavy atom. The molecule has 0 aliphatic carbocycles. The van der Waals surface area contributed by atoms with Crippen LogP contribution in [0.2, 0.25) is 10.0 Å². The highest BCUT2D eigenvalue weighted by Gasteiger charge is 2.60. The summed E-state index contributed by atoms with van der Waals surface area (Å²) in [5.41, 5.74) is 1.81. The van der Waals surface area contributed by atoms with E-state index in [1.165, 1.54) is 6.92 Å². The van der Waals surface area contributed by atoms with Crippen LogP contribution in [0.5, 0.6) is 0 Å². The van der Waals surface area contributed by atoms with Crippen molar-refractivity contribution < 1.29 is 27.1 Å². The highest BCUT2D eigenvalue weighted by Crippen LogP contribution is 2.57. The lowest BCUT2D eigenvalue weighted by atomic mass is 9.83. The van der Waals surface area contributed by atoms with Crippen LogP contribution in [0.1, 0.15) is 35.6 Å². The molecule has 174 valence electrons. The van der Waals surface area contributed by atoms with Crippen LogP contribution in [0.3, 0.4) is 0 Å². The number of fused-ring (bicyclic) bond motifs is 2. The summed E-state index contributed by atoms with van der Waals surface area (Å²) in [5.74, 6) is -0.994. The van der Waals surface area contributed by atoms with Crippen molar-refractivity contribution in [3.63, 3.8) is 0 Å². The zero-order valence-corrected chi connectivity index (χ0v) is 19.4. The van der Waals surface area contributed by atoms with Crippen molar-refractivity contribution in [1.82, 2.24) is 4.90 Å². The van der Waals surface area contributed by atoms with E-state index in [4.69, 9.17) is 27.9 Å². The third-order valence-corrected chi connectivity index (χ3v) is 8.19. The normalized spacial score (nSPS) is 23.5. The van der Waals surface area contributed by atoms with E-state index < -0.39 is 38.8 Å². The first-order chi connectivity index (χ1) is 15.5. The van der Waals surface area contributed by atoms with Gasteiger partial charge in [0.15, 0.2) is 10.6 Å². The van der Waals surface area contributed by atoms with Crippen LogP contribution in [0.4, 0.5) is 17.6 Å². The second-order valence-corrected chi connectivity index (χ2v) is 10.3. The molecule has 0 aromatic heterocycles.